The highest BCUT2D eigenvalue weighted by Crippen LogP contribution is 2.32. The predicted octanol–water partition coefficient (Wildman–Crippen LogP) is 3.71. The third-order valence-electron chi connectivity index (χ3n) is 6.15. The van der Waals surface area contributed by atoms with Crippen LogP contribution in [0.5, 0.6) is 5.75 Å². The maximum Gasteiger partial charge on any atom is 0.173 e. The molecule has 7 nitrogen and oxygen atoms in total. The van der Waals surface area contributed by atoms with Gasteiger partial charge in [0.25, 0.3) is 0 Å². The van der Waals surface area contributed by atoms with Gasteiger partial charge in [0.05, 0.1) is 6.04 Å². The molecular weight excluding hydrogens is 388 g/mol. The van der Waals surface area contributed by atoms with Crippen LogP contribution in [0.4, 0.5) is 5.69 Å². The molecule has 1 unspecified atom stereocenters. The van der Waals surface area contributed by atoms with Gasteiger partial charge in [-0.2, -0.15) is 0 Å². The monoisotopic (exact) mass is 420 g/mol. The van der Waals surface area contributed by atoms with E-state index in [1.54, 1.807) is 6.07 Å². The summed E-state index contributed by atoms with van der Waals surface area (Å²) in [4.78, 5) is 4.92. The van der Waals surface area contributed by atoms with Crippen molar-refractivity contribution in [3.63, 3.8) is 0 Å². The van der Waals surface area contributed by atoms with Crippen molar-refractivity contribution in [1.29, 1.82) is 0 Å². The molecule has 0 aliphatic carbocycles. The van der Waals surface area contributed by atoms with Gasteiger partial charge >= 0.3 is 0 Å². The van der Waals surface area contributed by atoms with Gasteiger partial charge in [-0.15, -0.1) is 5.10 Å². The summed E-state index contributed by atoms with van der Waals surface area (Å²) in [5.74, 6) is 1.11. The van der Waals surface area contributed by atoms with Crippen LogP contribution in [0.25, 0.3) is 0 Å². The molecule has 1 aromatic heterocycles. The molecule has 4 rings (SSSR count). The number of para-hydroxylation sites is 1. The third kappa shape index (κ3) is 4.56. The number of hydrogen-bond donors (Lipinski definition) is 1. The molecule has 0 bridgehead atoms. The van der Waals surface area contributed by atoms with E-state index in [1.807, 2.05) is 16.8 Å². The Morgan fingerprint density at radius 2 is 1.71 bits per heavy atom. The average Bonchev–Trinajstić information content (AvgIpc) is 3.21. The van der Waals surface area contributed by atoms with Crippen LogP contribution in [0.2, 0.25) is 0 Å². The minimum Gasteiger partial charge on any atom is -0.508 e. The normalized spacial score (nSPS) is 15.9. The second-order valence-electron chi connectivity index (χ2n) is 8.37. The number of unbranched alkanes of at least 4 members (excludes halogenated alkanes) is 1. The highest BCUT2D eigenvalue weighted by molar-refractivity contribution is 5.59. The number of phenolic OH excluding ortho intramolecular Hbond substituents is 1. The summed E-state index contributed by atoms with van der Waals surface area (Å²) in [5, 5.41) is 22.8. The Balaban J connectivity index is 1.61. The minimum atomic E-state index is -0.0842. The van der Waals surface area contributed by atoms with E-state index < -0.39 is 0 Å². The van der Waals surface area contributed by atoms with E-state index in [-0.39, 0.29) is 11.8 Å². The maximum atomic E-state index is 10.1. The number of phenols is 1. The molecule has 2 heterocycles. The molecule has 1 atom stereocenters. The average molecular weight is 421 g/mol. The smallest absolute Gasteiger partial charge is 0.173 e. The van der Waals surface area contributed by atoms with Crippen LogP contribution < -0.4 is 4.90 Å². The summed E-state index contributed by atoms with van der Waals surface area (Å²) < 4.78 is 1.93. The molecule has 1 saturated heterocycles. The summed E-state index contributed by atoms with van der Waals surface area (Å²) in [6.07, 6.45) is 2.12. The second kappa shape index (κ2) is 9.47. The van der Waals surface area contributed by atoms with Crippen molar-refractivity contribution >= 4 is 5.69 Å². The number of rotatable bonds is 7. The van der Waals surface area contributed by atoms with Crippen LogP contribution in [-0.4, -0.2) is 56.4 Å². The van der Waals surface area contributed by atoms with Gasteiger partial charge in [0, 0.05) is 38.4 Å². The Bertz CT molecular complexity index is 989. The van der Waals surface area contributed by atoms with Crippen molar-refractivity contribution in [2.45, 2.75) is 46.2 Å². The lowest BCUT2D eigenvalue weighted by molar-refractivity contribution is 0.200. The van der Waals surface area contributed by atoms with Gasteiger partial charge in [-0.3, -0.25) is 4.90 Å². The standard InChI is InChI=1S/C24H32N6O/c1-4-5-12-30-24(25-26-27-30)23(20-10-7-11-21(31)17-20)29-15-13-28(14-16-29)22-18(2)8-6-9-19(22)3/h6-11,17,23,31H,4-5,12-16H2,1-3H3. The molecule has 0 saturated carbocycles. The summed E-state index contributed by atoms with van der Waals surface area (Å²) in [6, 6.07) is 13.9. The first-order valence-corrected chi connectivity index (χ1v) is 11.2. The molecule has 0 spiro atoms. The number of aromatic hydroxyl groups is 1. The molecule has 0 amide bonds. The molecule has 3 aromatic rings. The van der Waals surface area contributed by atoms with Gasteiger partial charge < -0.3 is 10.0 Å². The largest absolute Gasteiger partial charge is 0.508 e. The maximum absolute atomic E-state index is 10.1. The van der Waals surface area contributed by atoms with Crippen molar-refractivity contribution in [3.05, 3.63) is 65.0 Å². The predicted molar refractivity (Wildman–Crippen MR) is 122 cm³/mol. The highest BCUT2D eigenvalue weighted by Gasteiger charge is 2.31. The van der Waals surface area contributed by atoms with Gasteiger partial charge in [-0.25, -0.2) is 4.68 Å². The van der Waals surface area contributed by atoms with Gasteiger partial charge in [0.1, 0.15) is 5.75 Å². The van der Waals surface area contributed by atoms with Crippen LogP contribution in [0, 0.1) is 13.8 Å². The molecule has 164 valence electrons. The van der Waals surface area contributed by atoms with E-state index >= 15 is 0 Å². The van der Waals surface area contributed by atoms with Crippen LogP contribution in [0.3, 0.4) is 0 Å². The lowest BCUT2D eigenvalue weighted by Crippen LogP contribution is -2.48. The minimum absolute atomic E-state index is 0.0842. The number of aromatic nitrogens is 4. The lowest BCUT2D eigenvalue weighted by Gasteiger charge is -2.40. The van der Waals surface area contributed by atoms with Crippen LogP contribution in [-0.2, 0) is 6.54 Å². The van der Waals surface area contributed by atoms with Crippen molar-refractivity contribution in [2.24, 2.45) is 0 Å². The number of piperazine rings is 1. The fourth-order valence-electron chi connectivity index (χ4n) is 4.60. The molecule has 1 N–H and O–H groups in total. The lowest BCUT2D eigenvalue weighted by atomic mass is 10.0. The number of benzene rings is 2. The zero-order valence-electron chi connectivity index (χ0n) is 18.7. The van der Waals surface area contributed by atoms with E-state index in [0.29, 0.717) is 0 Å². The van der Waals surface area contributed by atoms with Gasteiger partial charge in [0.15, 0.2) is 5.82 Å². The Morgan fingerprint density at radius 3 is 2.39 bits per heavy atom. The number of hydrogen-bond acceptors (Lipinski definition) is 6. The van der Waals surface area contributed by atoms with E-state index in [1.165, 1.54) is 16.8 Å². The fourth-order valence-corrected chi connectivity index (χ4v) is 4.60. The SMILES string of the molecule is CCCCn1nnnc1C(c1cccc(O)c1)N1CCN(c2c(C)cccc2C)CC1. The Morgan fingerprint density at radius 1 is 1.00 bits per heavy atom. The van der Waals surface area contributed by atoms with E-state index in [2.05, 4.69) is 70.4 Å². The summed E-state index contributed by atoms with van der Waals surface area (Å²) in [5.41, 5.74) is 5.01. The zero-order chi connectivity index (χ0) is 21.8. The van der Waals surface area contributed by atoms with E-state index in [0.717, 1.165) is 57.0 Å². The molecule has 0 radical (unpaired) electrons. The molecule has 31 heavy (non-hydrogen) atoms. The molecule has 1 fully saturated rings. The molecule has 1 aliphatic rings. The van der Waals surface area contributed by atoms with Crippen LogP contribution >= 0.6 is 0 Å². The quantitative estimate of drug-likeness (QED) is 0.628. The van der Waals surface area contributed by atoms with Crippen molar-refractivity contribution in [1.82, 2.24) is 25.1 Å². The third-order valence-corrected chi connectivity index (χ3v) is 6.15. The first-order chi connectivity index (χ1) is 15.1. The summed E-state index contributed by atoms with van der Waals surface area (Å²) >= 11 is 0. The zero-order valence-corrected chi connectivity index (χ0v) is 18.7. The molecule has 1 aliphatic heterocycles. The van der Waals surface area contributed by atoms with Gasteiger partial charge in [0.2, 0.25) is 0 Å². The second-order valence-corrected chi connectivity index (χ2v) is 8.37. The van der Waals surface area contributed by atoms with Gasteiger partial charge in [-0.05, 0) is 59.5 Å². The Labute approximate surface area is 184 Å². The van der Waals surface area contributed by atoms with Gasteiger partial charge in [-0.1, -0.05) is 43.7 Å². The Hall–Kier alpha value is -2.93. The van der Waals surface area contributed by atoms with Crippen molar-refractivity contribution in [3.8, 4) is 5.75 Å². The van der Waals surface area contributed by atoms with Crippen LogP contribution in [0.1, 0.15) is 48.3 Å². The van der Waals surface area contributed by atoms with E-state index in [9.17, 15) is 5.11 Å². The van der Waals surface area contributed by atoms with Crippen molar-refractivity contribution < 1.29 is 5.11 Å². The Kier molecular flexibility index (Phi) is 6.51. The molecule has 2 aromatic carbocycles. The summed E-state index contributed by atoms with van der Waals surface area (Å²) in [6.45, 7) is 11.0. The number of aryl methyl sites for hydroxylation is 3. The fraction of sp³-hybridized carbons (Fsp3) is 0.458. The van der Waals surface area contributed by atoms with Crippen molar-refractivity contribution in [2.75, 3.05) is 31.1 Å². The number of anilines is 1. The topological polar surface area (TPSA) is 70.3 Å². The first-order valence-electron chi connectivity index (χ1n) is 11.2. The number of nitrogens with zero attached hydrogens (tertiary/aromatic N) is 6. The molecular formula is C24H32N6O. The summed E-state index contributed by atoms with van der Waals surface area (Å²) in [7, 11) is 0. The van der Waals surface area contributed by atoms with E-state index in [4.69, 9.17) is 0 Å². The van der Waals surface area contributed by atoms with Crippen LogP contribution in [0.15, 0.2) is 42.5 Å². The first kappa shape index (κ1) is 21.3. The molecule has 7 heteroatoms. The number of tetrazole rings is 1. The highest BCUT2D eigenvalue weighted by atomic mass is 16.3.